The molecule has 0 spiro atoms. The van der Waals surface area contributed by atoms with Gasteiger partial charge in [-0.3, -0.25) is 4.79 Å². The van der Waals surface area contributed by atoms with Gasteiger partial charge < -0.3 is 4.57 Å². The lowest BCUT2D eigenvalue weighted by Crippen LogP contribution is -2.22. The summed E-state index contributed by atoms with van der Waals surface area (Å²) in [5, 5.41) is 0. The summed E-state index contributed by atoms with van der Waals surface area (Å²) in [5.74, 6) is 0.441. The van der Waals surface area contributed by atoms with Gasteiger partial charge in [0.15, 0.2) is 5.78 Å². The van der Waals surface area contributed by atoms with Crippen LogP contribution >= 0.6 is 0 Å². The zero-order valence-electron chi connectivity index (χ0n) is 11.2. The number of aryl methyl sites for hydroxylation is 1. The van der Waals surface area contributed by atoms with Gasteiger partial charge >= 0.3 is 0 Å². The van der Waals surface area contributed by atoms with Gasteiger partial charge in [-0.2, -0.15) is 0 Å². The molecule has 0 atom stereocenters. The van der Waals surface area contributed by atoms with Crippen molar-refractivity contribution in [2.75, 3.05) is 0 Å². The van der Waals surface area contributed by atoms with Gasteiger partial charge in [-0.1, -0.05) is 36.2 Å². The zero-order valence-corrected chi connectivity index (χ0v) is 11.2. The van der Waals surface area contributed by atoms with E-state index in [-0.39, 0.29) is 11.7 Å². The molecule has 0 N–H and O–H groups in total. The molecule has 1 aromatic heterocycles. The summed E-state index contributed by atoms with van der Waals surface area (Å²) in [7, 11) is 0. The quantitative estimate of drug-likeness (QED) is 0.785. The third-order valence-corrected chi connectivity index (χ3v) is 3.85. The summed E-state index contributed by atoms with van der Waals surface area (Å²) >= 11 is 0. The van der Waals surface area contributed by atoms with E-state index in [9.17, 15) is 4.79 Å². The van der Waals surface area contributed by atoms with Crippen molar-refractivity contribution in [3.05, 3.63) is 53.6 Å². The van der Waals surface area contributed by atoms with Crippen LogP contribution in [0.5, 0.6) is 0 Å². The zero-order chi connectivity index (χ0) is 13.2. The third-order valence-electron chi connectivity index (χ3n) is 3.85. The van der Waals surface area contributed by atoms with Crippen molar-refractivity contribution in [2.24, 2.45) is 5.92 Å². The second kappa shape index (κ2) is 5.00. The normalized spacial score (nSPS) is 15.2. The molecule has 2 aromatic rings. The number of hydrogen-bond acceptors (Lipinski definition) is 2. The van der Waals surface area contributed by atoms with Gasteiger partial charge in [-0.05, 0) is 25.3 Å². The Morgan fingerprint density at radius 3 is 2.68 bits per heavy atom. The molecule has 1 fully saturated rings. The molecule has 0 amide bonds. The fourth-order valence-electron chi connectivity index (χ4n) is 2.36. The topological polar surface area (TPSA) is 34.9 Å². The molecule has 3 rings (SSSR count). The van der Waals surface area contributed by atoms with E-state index < -0.39 is 0 Å². The molecule has 1 saturated carbocycles. The number of rotatable bonds is 4. The van der Waals surface area contributed by atoms with E-state index in [4.69, 9.17) is 0 Å². The largest absolute Gasteiger partial charge is 0.332 e. The number of imidazole rings is 1. The number of aromatic nitrogens is 2. The smallest absolute Gasteiger partial charge is 0.185 e. The standard InChI is InChI=1S/C16H18N2O/c1-12-5-7-13(8-6-12)9-18-10-15(17-11-18)16(19)14-3-2-4-14/h5-8,10-11,14H,2-4,9H2,1H3. The van der Waals surface area contributed by atoms with Gasteiger partial charge in [0.2, 0.25) is 0 Å². The highest BCUT2D eigenvalue weighted by Gasteiger charge is 2.27. The Bertz CT molecular complexity index is 579. The van der Waals surface area contributed by atoms with Crippen molar-refractivity contribution in [2.45, 2.75) is 32.7 Å². The van der Waals surface area contributed by atoms with Gasteiger partial charge in [-0.25, -0.2) is 4.98 Å². The Balaban J connectivity index is 1.70. The minimum Gasteiger partial charge on any atom is -0.332 e. The first-order valence-corrected chi connectivity index (χ1v) is 6.84. The second-order valence-corrected chi connectivity index (χ2v) is 5.41. The number of hydrogen-bond donors (Lipinski definition) is 0. The van der Waals surface area contributed by atoms with Gasteiger partial charge in [0.1, 0.15) is 5.69 Å². The number of ketones is 1. The van der Waals surface area contributed by atoms with Crippen LogP contribution in [0.1, 0.15) is 40.9 Å². The first-order valence-electron chi connectivity index (χ1n) is 6.84. The fraction of sp³-hybridized carbons (Fsp3) is 0.375. The van der Waals surface area contributed by atoms with E-state index >= 15 is 0 Å². The molecule has 0 saturated heterocycles. The van der Waals surface area contributed by atoms with Crippen LogP contribution in [-0.4, -0.2) is 15.3 Å². The Morgan fingerprint density at radius 2 is 2.05 bits per heavy atom. The lowest BCUT2D eigenvalue weighted by molar-refractivity contribution is 0.0850. The Kier molecular flexibility index (Phi) is 3.20. The van der Waals surface area contributed by atoms with Crippen LogP contribution in [-0.2, 0) is 6.54 Å². The monoisotopic (exact) mass is 254 g/mol. The lowest BCUT2D eigenvalue weighted by Gasteiger charge is -2.22. The Hall–Kier alpha value is -1.90. The average Bonchev–Trinajstić information content (AvgIpc) is 2.78. The number of nitrogens with zero attached hydrogens (tertiary/aromatic N) is 2. The summed E-state index contributed by atoms with van der Waals surface area (Å²) in [6, 6.07) is 8.44. The molecule has 19 heavy (non-hydrogen) atoms. The SMILES string of the molecule is Cc1ccc(Cn2cnc(C(=O)C3CCC3)c2)cc1. The maximum atomic E-state index is 12.1. The molecule has 3 nitrogen and oxygen atoms in total. The van der Waals surface area contributed by atoms with Crippen LogP contribution in [0.15, 0.2) is 36.8 Å². The van der Waals surface area contributed by atoms with E-state index in [0.717, 1.165) is 19.4 Å². The van der Waals surface area contributed by atoms with Crippen LogP contribution in [0.2, 0.25) is 0 Å². The second-order valence-electron chi connectivity index (χ2n) is 5.41. The summed E-state index contributed by atoms with van der Waals surface area (Å²) < 4.78 is 1.98. The first kappa shape index (κ1) is 12.2. The lowest BCUT2D eigenvalue weighted by atomic mass is 9.81. The minimum absolute atomic E-state index is 0.217. The summed E-state index contributed by atoms with van der Waals surface area (Å²) in [4.78, 5) is 16.3. The number of carbonyl (C=O) groups is 1. The van der Waals surface area contributed by atoms with Crippen LogP contribution in [0.3, 0.4) is 0 Å². The predicted octanol–water partition coefficient (Wildman–Crippen LogP) is 3.22. The number of benzene rings is 1. The van der Waals surface area contributed by atoms with E-state index in [0.29, 0.717) is 5.69 Å². The average molecular weight is 254 g/mol. The van der Waals surface area contributed by atoms with Gasteiger partial charge in [-0.15, -0.1) is 0 Å². The van der Waals surface area contributed by atoms with Crippen LogP contribution < -0.4 is 0 Å². The van der Waals surface area contributed by atoms with Crippen molar-refractivity contribution >= 4 is 5.78 Å². The first-order chi connectivity index (χ1) is 9.22. The summed E-state index contributed by atoms with van der Waals surface area (Å²) in [5.41, 5.74) is 3.11. The van der Waals surface area contributed by atoms with Gasteiger partial charge in [0.05, 0.1) is 6.33 Å². The van der Waals surface area contributed by atoms with Crippen LogP contribution in [0.4, 0.5) is 0 Å². The Morgan fingerprint density at radius 1 is 1.32 bits per heavy atom. The van der Waals surface area contributed by atoms with Gasteiger partial charge in [0.25, 0.3) is 0 Å². The van der Waals surface area contributed by atoms with E-state index in [1.165, 1.54) is 17.5 Å². The molecule has 0 aliphatic heterocycles. The highest BCUT2D eigenvalue weighted by molar-refractivity contribution is 5.96. The number of carbonyl (C=O) groups excluding carboxylic acids is 1. The summed E-state index contributed by atoms with van der Waals surface area (Å²) in [6.45, 7) is 2.85. The molecule has 1 heterocycles. The minimum atomic E-state index is 0.217. The van der Waals surface area contributed by atoms with E-state index in [2.05, 4.69) is 36.2 Å². The molecule has 3 heteroatoms. The molecular formula is C16H18N2O. The van der Waals surface area contributed by atoms with Crippen molar-refractivity contribution < 1.29 is 4.79 Å². The molecule has 0 unspecified atom stereocenters. The maximum absolute atomic E-state index is 12.1. The van der Waals surface area contributed by atoms with Crippen molar-refractivity contribution in [1.29, 1.82) is 0 Å². The molecule has 0 radical (unpaired) electrons. The Labute approximate surface area is 113 Å². The van der Waals surface area contributed by atoms with Crippen molar-refractivity contribution in [3.63, 3.8) is 0 Å². The fourth-order valence-corrected chi connectivity index (χ4v) is 2.36. The molecule has 98 valence electrons. The van der Waals surface area contributed by atoms with Gasteiger partial charge in [0, 0.05) is 18.7 Å². The molecule has 1 aliphatic carbocycles. The van der Waals surface area contributed by atoms with Crippen molar-refractivity contribution in [3.8, 4) is 0 Å². The molecule has 0 bridgehead atoms. The third kappa shape index (κ3) is 2.60. The molecular weight excluding hydrogens is 236 g/mol. The van der Waals surface area contributed by atoms with E-state index in [1.54, 1.807) is 6.33 Å². The highest BCUT2D eigenvalue weighted by Crippen LogP contribution is 2.29. The molecule has 1 aliphatic rings. The van der Waals surface area contributed by atoms with E-state index in [1.807, 2.05) is 10.8 Å². The highest BCUT2D eigenvalue weighted by atomic mass is 16.1. The van der Waals surface area contributed by atoms with Crippen molar-refractivity contribution in [1.82, 2.24) is 9.55 Å². The predicted molar refractivity (Wildman–Crippen MR) is 74.2 cm³/mol. The number of Topliss-reactive ketones (excluding diaryl/α,β-unsaturated/α-hetero) is 1. The maximum Gasteiger partial charge on any atom is 0.185 e. The van der Waals surface area contributed by atoms with Crippen LogP contribution in [0.25, 0.3) is 0 Å². The molecule has 1 aromatic carbocycles. The van der Waals surface area contributed by atoms with Crippen LogP contribution in [0, 0.1) is 12.8 Å². The summed E-state index contributed by atoms with van der Waals surface area (Å²) in [6.07, 6.45) is 6.88.